The monoisotopic (exact) mass is 624 g/mol. The Labute approximate surface area is 285 Å². The lowest BCUT2D eigenvalue weighted by Crippen LogP contribution is -2.15. The molecule has 1 aliphatic carbocycles. The smallest absolute Gasteiger partial charge is 0.160 e. The molecule has 0 atom stereocenters. The number of rotatable bonds is 4. The third kappa shape index (κ3) is 4.27. The number of nitrogens with zero attached hydrogens (tertiary/aromatic N) is 2. The van der Waals surface area contributed by atoms with Crippen LogP contribution in [0.3, 0.4) is 0 Å². The van der Waals surface area contributed by atoms with E-state index in [1.807, 2.05) is 24.3 Å². The Hall–Kier alpha value is -6.12. The van der Waals surface area contributed by atoms with Crippen molar-refractivity contribution in [3.8, 4) is 56.2 Å². The van der Waals surface area contributed by atoms with E-state index in [1.54, 1.807) is 0 Å². The highest BCUT2D eigenvalue weighted by Crippen LogP contribution is 2.51. The van der Waals surface area contributed by atoms with Gasteiger partial charge in [-0.15, -0.1) is 0 Å². The first kappa shape index (κ1) is 27.9. The molecule has 1 aromatic heterocycles. The van der Waals surface area contributed by atoms with Crippen molar-refractivity contribution in [2.24, 2.45) is 0 Å². The Morgan fingerprint density at radius 2 is 0.918 bits per heavy atom. The van der Waals surface area contributed by atoms with E-state index >= 15 is 0 Å². The molecule has 0 amide bonds. The first-order chi connectivity index (χ1) is 24.0. The lowest BCUT2D eigenvalue weighted by molar-refractivity contribution is 0.661. The average Bonchev–Trinajstić information content (AvgIpc) is 3.39. The van der Waals surface area contributed by atoms with Crippen LogP contribution < -0.4 is 0 Å². The summed E-state index contributed by atoms with van der Waals surface area (Å²) in [6.45, 7) is 4.72. The van der Waals surface area contributed by atoms with Crippen molar-refractivity contribution in [2.75, 3.05) is 0 Å². The summed E-state index contributed by atoms with van der Waals surface area (Å²) in [5.74, 6) is 0.734. The molecule has 0 spiro atoms. The van der Waals surface area contributed by atoms with Crippen molar-refractivity contribution in [2.45, 2.75) is 19.3 Å². The van der Waals surface area contributed by atoms with Crippen molar-refractivity contribution in [1.29, 1.82) is 0 Å². The van der Waals surface area contributed by atoms with Gasteiger partial charge in [0.1, 0.15) is 0 Å². The maximum absolute atomic E-state index is 5.13. The molecule has 230 valence electrons. The average molecular weight is 625 g/mol. The number of benzene rings is 8. The molecule has 2 nitrogen and oxygen atoms in total. The third-order valence-electron chi connectivity index (χ3n) is 10.6. The van der Waals surface area contributed by atoms with Gasteiger partial charge in [-0.3, -0.25) is 0 Å². The zero-order valence-corrected chi connectivity index (χ0v) is 27.4. The number of hydrogen-bond donors (Lipinski definition) is 0. The molecule has 2 heteroatoms. The van der Waals surface area contributed by atoms with Crippen LogP contribution in [0.4, 0.5) is 0 Å². The van der Waals surface area contributed by atoms with Gasteiger partial charge >= 0.3 is 0 Å². The van der Waals surface area contributed by atoms with Crippen LogP contribution in [0.25, 0.3) is 88.5 Å². The minimum absolute atomic E-state index is 0.183. The highest BCUT2D eigenvalue weighted by molar-refractivity contribution is 6.25. The molecule has 10 rings (SSSR count). The Morgan fingerprint density at radius 1 is 0.388 bits per heavy atom. The van der Waals surface area contributed by atoms with Gasteiger partial charge in [-0.05, 0) is 83.9 Å². The summed E-state index contributed by atoms with van der Waals surface area (Å²) in [5, 5.41) is 7.91. The van der Waals surface area contributed by atoms with Gasteiger partial charge in [0.25, 0.3) is 0 Å². The largest absolute Gasteiger partial charge is 0.228 e. The van der Waals surface area contributed by atoms with Crippen molar-refractivity contribution in [1.82, 2.24) is 9.97 Å². The first-order valence-corrected chi connectivity index (χ1v) is 17.0. The van der Waals surface area contributed by atoms with E-state index < -0.39 is 0 Å². The summed E-state index contributed by atoms with van der Waals surface area (Å²) in [5.41, 5.74) is 12.7. The zero-order valence-electron chi connectivity index (χ0n) is 27.4. The van der Waals surface area contributed by atoms with Crippen LogP contribution in [0.2, 0.25) is 0 Å². The molecule has 0 N–H and O–H groups in total. The lowest BCUT2D eigenvalue weighted by Gasteiger charge is -2.23. The lowest BCUT2D eigenvalue weighted by atomic mass is 9.80. The number of aromatic nitrogens is 2. The predicted octanol–water partition coefficient (Wildman–Crippen LogP) is 12.3. The fourth-order valence-electron chi connectivity index (χ4n) is 8.12. The molecule has 0 bridgehead atoms. The summed E-state index contributed by atoms with van der Waals surface area (Å²) in [4.78, 5) is 10.1. The standard InChI is InChI=1S/C47H32N2/c1-47(2)40-26-34(36-22-18-32-17-16-30-14-9-15-31-19-25-39(36)45(32)44(30)31)20-23-37(40)38-24-21-35(27-41(38)47)43-28-42(29-10-5-3-6-11-29)48-46(49-43)33-12-7-4-8-13-33/h3-28H,1-2H3. The van der Waals surface area contributed by atoms with Crippen molar-refractivity contribution >= 4 is 32.3 Å². The van der Waals surface area contributed by atoms with Crippen LogP contribution in [0.1, 0.15) is 25.0 Å². The fourth-order valence-corrected chi connectivity index (χ4v) is 8.12. The summed E-state index contributed by atoms with van der Waals surface area (Å²) in [6.07, 6.45) is 0. The van der Waals surface area contributed by atoms with Crippen LogP contribution in [-0.2, 0) is 5.41 Å². The van der Waals surface area contributed by atoms with Crippen LogP contribution in [0.15, 0.2) is 158 Å². The molecule has 9 aromatic rings. The second-order valence-corrected chi connectivity index (χ2v) is 13.8. The maximum Gasteiger partial charge on any atom is 0.160 e. The molecule has 0 fully saturated rings. The molecule has 0 saturated heterocycles. The highest BCUT2D eigenvalue weighted by atomic mass is 14.9. The Morgan fingerprint density at radius 3 is 1.61 bits per heavy atom. The Bertz CT molecular complexity index is 2650. The third-order valence-corrected chi connectivity index (χ3v) is 10.6. The Kier molecular flexibility index (Phi) is 5.95. The number of fused-ring (bicyclic) bond motifs is 3. The van der Waals surface area contributed by atoms with Crippen LogP contribution in [0, 0.1) is 0 Å². The summed E-state index contributed by atoms with van der Waals surface area (Å²) >= 11 is 0. The minimum Gasteiger partial charge on any atom is -0.228 e. The molecule has 0 radical (unpaired) electrons. The molecule has 1 aliphatic rings. The quantitative estimate of drug-likeness (QED) is 0.182. The normalized spacial score (nSPS) is 13.3. The SMILES string of the molecule is CC1(C)c2cc(-c3cc(-c4ccccc4)nc(-c4ccccc4)n3)ccc2-c2ccc(-c3ccc4ccc5cccc6ccc3c4c56)cc21. The summed E-state index contributed by atoms with van der Waals surface area (Å²) < 4.78 is 0. The van der Waals surface area contributed by atoms with Gasteiger partial charge in [0.2, 0.25) is 0 Å². The predicted molar refractivity (Wildman–Crippen MR) is 205 cm³/mol. The second kappa shape index (κ2) is 10.4. The zero-order chi connectivity index (χ0) is 32.7. The van der Waals surface area contributed by atoms with Crippen LogP contribution in [-0.4, -0.2) is 9.97 Å². The molecular weight excluding hydrogens is 593 g/mol. The van der Waals surface area contributed by atoms with Gasteiger partial charge in [-0.25, -0.2) is 9.97 Å². The van der Waals surface area contributed by atoms with E-state index in [0.717, 1.165) is 33.9 Å². The van der Waals surface area contributed by atoms with Gasteiger partial charge in [0.05, 0.1) is 11.4 Å². The first-order valence-electron chi connectivity index (χ1n) is 17.0. The van der Waals surface area contributed by atoms with E-state index in [1.165, 1.54) is 65.7 Å². The van der Waals surface area contributed by atoms with Crippen LogP contribution in [0.5, 0.6) is 0 Å². The molecule has 0 unspecified atom stereocenters. The van der Waals surface area contributed by atoms with E-state index in [-0.39, 0.29) is 5.41 Å². The molecular formula is C47H32N2. The van der Waals surface area contributed by atoms with Crippen molar-refractivity contribution < 1.29 is 0 Å². The molecule has 0 saturated carbocycles. The van der Waals surface area contributed by atoms with Crippen molar-refractivity contribution in [3.63, 3.8) is 0 Å². The maximum atomic E-state index is 5.13. The summed E-state index contributed by atoms with van der Waals surface area (Å²) in [6, 6.07) is 57.1. The molecule has 8 aromatic carbocycles. The van der Waals surface area contributed by atoms with Gasteiger partial charge < -0.3 is 0 Å². The van der Waals surface area contributed by atoms with E-state index in [2.05, 4.69) is 147 Å². The minimum atomic E-state index is -0.183. The van der Waals surface area contributed by atoms with Gasteiger partial charge in [-0.2, -0.15) is 0 Å². The van der Waals surface area contributed by atoms with E-state index in [9.17, 15) is 0 Å². The van der Waals surface area contributed by atoms with Crippen LogP contribution >= 0.6 is 0 Å². The highest BCUT2D eigenvalue weighted by Gasteiger charge is 2.36. The van der Waals surface area contributed by atoms with E-state index in [0.29, 0.717) is 0 Å². The molecule has 49 heavy (non-hydrogen) atoms. The van der Waals surface area contributed by atoms with E-state index in [4.69, 9.17) is 9.97 Å². The van der Waals surface area contributed by atoms with Gasteiger partial charge in [0, 0.05) is 22.1 Å². The van der Waals surface area contributed by atoms with Crippen molar-refractivity contribution in [3.05, 3.63) is 169 Å². The topological polar surface area (TPSA) is 25.8 Å². The van der Waals surface area contributed by atoms with Gasteiger partial charge in [0.15, 0.2) is 5.82 Å². The number of hydrogen-bond acceptors (Lipinski definition) is 2. The molecule has 1 heterocycles. The van der Waals surface area contributed by atoms with Gasteiger partial charge in [-0.1, -0.05) is 153 Å². The Balaban J connectivity index is 1.10. The second-order valence-electron chi connectivity index (χ2n) is 13.8. The molecule has 0 aliphatic heterocycles. The fraction of sp³-hybridized carbons (Fsp3) is 0.0638. The summed E-state index contributed by atoms with van der Waals surface area (Å²) in [7, 11) is 0.